The summed E-state index contributed by atoms with van der Waals surface area (Å²) in [6.07, 6.45) is -3.48. The van der Waals surface area contributed by atoms with Crippen LogP contribution in [0.1, 0.15) is 29.7 Å². The van der Waals surface area contributed by atoms with E-state index in [-0.39, 0.29) is 28.1 Å². The molecule has 228 valence electrons. The third-order valence-electron chi connectivity index (χ3n) is 6.57. The van der Waals surface area contributed by atoms with Gasteiger partial charge < -0.3 is 14.2 Å². The van der Waals surface area contributed by atoms with Crippen LogP contribution in [0.4, 0.5) is 13.2 Å². The second-order valence-corrected chi connectivity index (χ2v) is 11.8. The molecule has 13 heteroatoms. The Kier molecular flexibility index (Phi) is 9.33. The lowest BCUT2D eigenvalue weighted by atomic mass is 9.95. The quantitative estimate of drug-likeness (QED) is 0.200. The number of halogens is 5. The van der Waals surface area contributed by atoms with Crippen molar-refractivity contribution in [3.05, 3.63) is 124 Å². The second-order valence-electron chi connectivity index (χ2n) is 9.44. The van der Waals surface area contributed by atoms with E-state index in [2.05, 4.69) is 20.9 Å². The molecule has 5 rings (SSSR count). The summed E-state index contributed by atoms with van der Waals surface area (Å²) in [5.74, 6) is -0.362. The van der Waals surface area contributed by atoms with Crippen molar-refractivity contribution in [1.29, 1.82) is 0 Å². The molecule has 0 saturated heterocycles. The maximum atomic E-state index is 14.3. The van der Waals surface area contributed by atoms with Crippen LogP contribution in [-0.4, -0.2) is 30.4 Å². The lowest BCUT2D eigenvalue weighted by Gasteiger charge is -2.26. The van der Waals surface area contributed by atoms with Gasteiger partial charge in [0, 0.05) is 9.50 Å². The molecule has 1 atom stereocenters. The molecule has 0 fully saturated rings. The zero-order chi connectivity index (χ0) is 31.6. The molecule has 0 aliphatic carbocycles. The monoisotopic (exact) mass is 706 g/mol. The first-order valence-electron chi connectivity index (χ1n) is 13.1. The molecule has 2 heterocycles. The summed E-state index contributed by atoms with van der Waals surface area (Å²) in [7, 11) is 1.47. The van der Waals surface area contributed by atoms with E-state index in [1.165, 1.54) is 44.4 Å². The zero-order valence-corrected chi connectivity index (χ0v) is 26.3. The maximum Gasteiger partial charge on any atom is 0.434 e. The fraction of sp³-hybridized carbons (Fsp3) is 0.194. The number of rotatable bonds is 8. The number of thiazole rings is 1. The van der Waals surface area contributed by atoms with Crippen LogP contribution in [0.5, 0.6) is 11.5 Å². The van der Waals surface area contributed by atoms with Crippen molar-refractivity contribution >= 4 is 50.9 Å². The highest BCUT2D eigenvalue weighted by molar-refractivity contribution is 9.10. The van der Waals surface area contributed by atoms with E-state index in [9.17, 15) is 22.8 Å². The molecule has 0 spiro atoms. The SMILES string of the molecule is CCOC(=O)C1=C(C(F)(F)F)N=c2s/c(=C\c3ccc(OCc4ccc(Br)cc4)c(OC)c3)c(=O)n2[C@@H]1c1ccc(Cl)cc1. The van der Waals surface area contributed by atoms with Crippen LogP contribution in [0.2, 0.25) is 5.02 Å². The predicted octanol–water partition coefficient (Wildman–Crippen LogP) is 6.34. The molecule has 3 aromatic carbocycles. The number of hydrogen-bond donors (Lipinski definition) is 0. The van der Waals surface area contributed by atoms with Crippen molar-refractivity contribution in [3.63, 3.8) is 0 Å². The van der Waals surface area contributed by atoms with Crippen LogP contribution >= 0.6 is 38.9 Å². The Bertz CT molecular complexity index is 1920. The highest BCUT2D eigenvalue weighted by Gasteiger charge is 2.45. The highest BCUT2D eigenvalue weighted by atomic mass is 79.9. The number of allylic oxidation sites excluding steroid dienone is 1. The molecule has 0 bridgehead atoms. The van der Waals surface area contributed by atoms with Gasteiger partial charge >= 0.3 is 12.1 Å². The molecule has 0 amide bonds. The summed E-state index contributed by atoms with van der Waals surface area (Å²) >= 11 is 10.2. The lowest BCUT2D eigenvalue weighted by Crippen LogP contribution is -2.41. The Balaban J connectivity index is 1.60. The third-order valence-corrected chi connectivity index (χ3v) is 8.34. The molecule has 1 aliphatic rings. The maximum absolute atomic E-state index is 14.3. The first kappa shape index (κ1) is 31.6. The number of fused-ring (bicyclic) bond motifs is 1. The van der Waals surface area contributed by atoms with E-state index >= 15 is 0 Å². The Morgan fingerprint density at radius 1 is 1.09 bits per heavy atom. The number of esters is 1. The van der Waals surface area contributed by atoms with Crippen molar-refractivity contribution in [2.24, 2.45) is 4.99 Å². The van der Waals surface area contributed by atoms with Gasteiger partial charge in [0.1, 0.15) is 6.61 Å². The summed E-state index contributed by atoms with van der Waals surface area (Å²) in [5.41, 5.74) is -1.13. The van der Waals surface area contributed by atoms with Gasteiger partial charge in [0.2, 0.25) is 0 Å². The zero-order valence-electron chi connectivity index (χ0n) is 23.2. The Hall–Kier alpha value is -3.87. The number of hydrogen-bond acceptors (Lipinski definition) is 7. The summed E-state index contributed by atoms with van der Waals surface area (Å²) in [6.45, 7) is 1.59. The molecule has 0 N–H and O–H groups in total. The van der Waals surface area contributed by atoms with Gasteiger partial charge in [0.15, 0.2) is 22.0 Å². The molecule has 4 aromatic rings. The van der Waals surface area contributed by atoms with Crippen molar-refractivity contribution in [1.82, 2.24) is 4.57 Å². The van der Waals surface area contributed by atoms with E-state index in [0.29, 0.717) is 22.1 Å². The summed E-state index contributed by atoms with van der Waals surface area (Å²) < 4.78 is 61.4. The molecule has 0 saturated carbocycles. The lowest BCUT2D eigenvalue weighted by molar-refractivity contribution is -0.140. The number of benzene rings is 3. The number of carbonyl (C=O) groups excluding carboxylic acids is 1. The van der Waals surface area contributed by atoms with E-state index in [4.69, 9.17) is 25.8 Å². The molecule has 0 unspecified atom stereocenters. The summed E-state index contributed by atoms with van der Waals surface area (Å²) in [5, 5.41) is 0.331. The largest absolute Gasteiger partial charge is 0.493 e. The summed E-state index contributed by atoms with van der Waals surface area (Å²) in [4.78, 5) is 30.3. The topological polar surface area (TPSA) is 79.1 Å². The second kappa shape index (κ2) is 13.0. The predicted molar refractivity (Wildman–Crippen MR) is 164 cm³/mol. The van der Waals surface area contributed by atoms with Crippen molar-refractivity contribution in [3.8, 4) is 11.5 Å². The Morgan fingerprint density at radius 3 is 2.43 bits per heavy atom. The minimum absolute atomic E-state index is 0.0972. The molecular weight excluding hydrogens is 685 g/mol. The summed E-state index contributed by atoms with van der Waals surface area (Å²) in [6, 6.07) is 17.1. The van der Waals surface area contributed by atoms with E-state index in [1.54, 1.807) is 18.2 Å². The van der Waals surface area contributed by atoms with Gasteiger partial charge in [-0.15, -0.1) is 0 Å². The van der Waals surface area contributed by atoms with Crippen molar-refractivity contribution in [2.75, 3.05) is 13.7 Å². The van der Waals surface area contributed by atoms with Gasteiger partial charge in [-0.05, 0) is 66.1 Å². The molecule has 1 aromatic heterocycles. The average Bonchev–Trinajstić information content (AvgIpc) is 3.30. The molecule has 0 radical (unpaired) electrons. The van der Waals surface area contributed by atoms with Crippen LogP contribution in [0.3, 0.4) is 0 Å². The van der Waals surface area contributed by atoms with Crippen molar-refractivity contribution < 1.29 is 32.2 Å². The highest BCUT2D eigenvalue weighted by Crippen LogP contribution is 2.38. The minimum atomic E-state index is -5.00. The smallest absolute Gasteiger partial charge is 0.434 e. The van der Waals surface area contributed by atoms with Crippen molar-refractivity contribution in [2.45, 2.75) is 25.7 Å². The number of ether oxygens (including phenoxy) is 3. The number of nitrogens with zero attached hydrogens (tertiary/aromatic N) is 2. The van der Waals surface area contributed by atoms with E-state index in [0.717, 1.165) is 25.9 Å². The van der Waals surface area contributed by atoms with Crippen LogP contribution in [0, 0.1) is 0 Å². The van der Waals surface area contributed by atoms with Crippen LogP contribution in [-0.2, 0) is 16.1 Å². The molecule has 7 nitrogen and oxygen atoms in total. The van der Waals surface area contributed by atoms with Crippen LogP contribution in [0.25, 0.3) is 6.08 Å². The molecular formula is C31H23BrClF3N2O5S. The molecule has 1 aliphatic heterocycles. The minimum Gasteiger partial charge on any atom is -0.493 e. The van der Waals surface area contributed by atoms with Gasteiger partial charge in [0.25, 0.3) is 5.56 Å². The Labute approximate surface area is 266 Å². The number of aromatic nitrogens is 1. The van der Waals surface area contributed by atoms with Gasteiger partial charge in [-0.2, -0.15) is 13.2 Å². The van der Waals surface area contributed by atoms with Gasteiger partial charge in [-0.3, -0.25) is 9.36 Å². The standard InChI is InChI=1S/C31H23BrClF3N2O5S/c1-3-42-29(40)25-26(19-7-11-21(33)12-8-19)38-28(39)24(44-30(38)37-27(25)31(34,35)36)15-18-6-13-22(23(14-18)41-2)43-16-17-4-9-20(32)10-5-17/h4-15,26H,3,16H2,1-2H3/b24-15-/t26-/m1/s1. The Morgan fingerprint density at radius 2 is 1.80 bits per heavy atom. The normalized spacial score (nSPS) is 15.1. The van der Waals surface area contributed by atoms with Gasteiger partial charge in [-0.25, -0.2) is 9.79 Å². The van der Waals surface area contributed by atoms with Crippen LogP contribution in [0.15, 0.2) is 92.3 Å². The fourth-order valence-corrected chi connectivity index (χ4v) is 5.98. The number of alkyl halides is 3. The third kappa shape index (κ3) is 6.62. The van der Waals surface area contributed by atoms with Crippen LogP contribution < -0.4 is 24.4 Å². The van der Waals surface area contributed by atoms with E-state index < -0.39 is 35.0 Å². The van der Waals surface area contributed by atoms with E-state index in [1.807, 2.05) is 24.3 Å². The number of carbonyl (C=O) groups is 1. The fourth-order valence-electron chi connectivity index (χ4n) is 4.59. The first-order chi connectivity index (χ1) is 21.0. The number of methoxy groups -OCH3 is 1. The molecule has 44 heavy (non-hydrogen) atoms. The van der Waals surface area contributed by atoms with Gasteiger partial charge in [0.05, 0.1) is 29.9 Å². The first-order valence-corrected chi connectivity index (χ1v) is 15.1. The van der Waals surface area contributed by atoms with Gasteiger partial charge in [-0.1, -0.05) is 69.2 Å². The average molecular weight is 708 g/mol.